The van der Waals surface area contributed by atoms with Gasteiger partial charge >= 0.3 is 6.09 Å². The summed E-state index contributed by atoms with van der Waals surface area (Å²) in [5.41, 5.74) is 0.280. The van der Waals surface area contributed by atoms with Gasteiger partial charge in [-0.2, -0.15) is 10.4 Å². The van der Waals surface area contributed by atoms with Gasteiger partial charge in [0, 0.05) is 13.2 Å². The van der Waals surface area contributed by atoms with Gasteiger partial charge in [0.15, 0.2) is 5.82 Å². The second-order valence-corrected chi connectivity index (χ2v) is 3.50. The maximum Gasteiger partial charge on any atom is 0.418 e. The Labute approximate surface area is 103 Å². The summed E-state index contributed by atoms with van der Waals surface area (Å²) < 4.78 is 6.46. The first kappa shape index (κ1) is 11.7. The van der Waals surface area contributed by atoms with Crippen LogP contribution in [-0.4, -0.2) is 15.9 Å². The molecule has 0 aliphatic heterocycles. The Morgan fingerprint density at radius 1 is 1.44 bits per heavy atom. The number of nitrogens with zero attached hydrogens (tertiary/aromatic N) is 3. The third-order valence-electron chi connectivity index (χ3n) is 2.12. The Morgan fingerprint density at radius 2 is 2.17 bits per heavy atom. The number of nitriles is 1. The van der Waals surface area contributed by atoms with Crippen molar-refractivity contribution in [2.75, 3.05) is 5.32 Å². The average molecular weight is 242 g/mol. The topological polar surface area (TPSA) is 79.9 Å². The quantitative estimate of drug-likeness (QED) is 0.872. The molecular formula is C12H10N4O2. The lowest BCUT2D eigenvalue weighted by Gasteiger charge is -2.04. The first-order valence-electron chi connectivity index (χ1n) is 5.16. The Kier molecular flexibility index (Phi) is 3.25. The molecule has 0 bridgehead atoms. The Balaban J connectivity index is 2.06. The lowest BCUT2D eigenvalue weighted by molar-refractivity contribution is 0.215. The number of aromatic nitrogens is 2. The molecule has 6 heteroatoms. The number of rotatable bonds is 2. The van der Waals surface area contributed by atoms with Crippen LogP contribution in [0.5, 0.6) is 5.75 Å². The summed E-state index contributed by atoms with van der Waals surface area (Å²) in [5.74, 6) is 0.602. The lowest BCUT2D eigenvalue weighted by Crippen LogP contribution is -2.17. The summed E-state index contributed by atoms with van der Waals surface area (Å²) in [7, 11) is 1.66. The van der Waals surface area contributed by atoms with E-state index in [1.807, 2.05) is 12.1 Å². The molecule has 2 aromatic rings. The summed E-state index contributed by atoms with van der Waals surface area (Å²) in [6, 6.07) is 10.6. The number of hydrogen-bond donors (Lipinski definition) is 1. The van der Waals surface area contributed by atoms with Crippen molar-refractivity contribution >= 4 is 11.9 Å². The molecule has 0 atom stereocenters. The highest BCUT2D eigenvalue weighted by atomic mass is 16.6. The van der Waals surface area contributed by atoms with E-state index in [0.717, 1.165) is 0 Å². The normalized spacial score (nSPS) is 9.56. The van der Waals surface area contributed by atoms with Gasteiger partial charge in [0.05, 0.1) is 0 Å². The van der Waals surface area contributed by atoms with Crippen molar-refractivity contribution in [2.45, 2.75) is 0 Å². The minimum Gasteiger partial charge on any atom is -0.410 e. The van der Waals surface area contributed by atoms with Gasteiger partial charge in [0.25, 0.3) is 0 Å². The maximum absolute atomic E-state index is 11.6. The molecular weight excluding hydrogens is 232 g/mol. The molecule has 0 aliphatic rings. The van der Waals surface area contributed by atoms with Crippen LogP contribution in [0.25, 0.3) is 0 Å². The van der Waals surface area contributed by atoms with E-state index in [4.69, 9.17) is 10.00 Å². The molecule has 0 unspecified atom stereocenters. The Bertz CT molecular complexity index is 598. The maximum atomic E-state index is 11.6. The number of anilines is 1. The van der Waals surface area contributed by atoms with Crippen molar-refractivity contribution in [1.82, 2.24) is 9.78 Å². The zero-order chi connectivity index (χ0) is 13.0. The largest absolute Gasteiger partial charge is 0.418 e. The molecule has 90 valence electrons. The van der Waals surface area contributed by atoms with Crippen molar-refractivity contribution in [1.29, 1.82) is 5.26 Å². The number of carbonyl (C=O) groups is 1. The number of aryl methyl sites for hydroxylation is 1. The minimum absolute atomic E-state index is 0.181. The zero-order valence-electron chi connectivity index (χ0n) is 9.62. The molecule has 18 heavy (non-hydrogen) atoms. The molecule has 6 nitrogen and oxygen atoms in total. The fraction of sp³-hybridized carbons (Fsp3) is 0.0833. The molecule has 0 saturated carbocycles. The number of hydrogen-bond acceptors (Lipinski definition) is 4. The fourth-order valence-electron chi connectivity index (χ4n) is 1.38. The monoisotopic (exact) mass is 242 g/mol. The number of nitrogens with one attached hydrogen (secondary N) is 1. The van der Waals surface area contributed by atoms with E-state index in [1.54, 1.807) is 31.3 Å². The molecule has 0 aliphatic carbocycles. The van der Waals surface area contributed by atoms with Crippen LogP contribution in [0.4, 0.5) is 10.6 Å². The van der Waals surface area contributed by atoms with E-state index in [-0.39, 0.29) is 11.4 Å². The van der Waals surface area contributed by atoms with Crippen molar-refractivity contribution < 1.29 is 9.53 Å². The molecule has 1 amide bonds. The van der Waals surface area contributed by atoms with Gasteiger partial charge in [-0.3, -0.25) is 10.00 Å². The summed E-state index contributed by atoms with van der Waals surface area (Å²) in [4.78, 5) is 11.6. The second kappa shape index (κ2) is 5.01. The Hall–Kier alpha value is -2.81. The van der Waals surface area contributed by atoms with E-state index in [0.29, 0.717) is 5.75 Å². The van der Waals surface area contributed by atoms with Gasteiger partial charge < -0.3 is 4.74 Å². The molecule has 0 radical (unpaired) electrons. The van der Waals surface area contributed by atoms with E-state index in [2.05, 4.69) is 10.4 Å². The third-order valence-corrected chi connectivity index (χ3v) is 2.12. The van der Waals surface area contributed by atoms with E-state index in [9.17, 15) is 4.79 Å². The molecule has 0 spiro atoms. The smallest absolute Gasteiger partial charge is 0.410 e. The lowest BCUT2D eigenvalue weighted by atomic mass is 10.3. The zero-order valence-corrected chi connectivity index (χ0v) is 9.62. The SMILES string of the molecule is Cn1cc(C#N)c(NC(=O)Oc2ccccc2)n1. The Morgan fingerprint density at radius 3 is 2.83 bits per heavy atom. The molecule has 1 aromatic carbocycles. The van der Waals surface area contributed by atoms with Crippen LogP contribution in [-0.2, 0) is 7.05 Å². The molecule has 1 aromatic heterocycles. The predicted octanol–water partition coefficient (Wildman–Crippen LogP) is 1.90. The number of amides is 1. The van der Waals surface area contributed by atoms with E-state index in [1.165, 1.54) is 10.9 Å². The summed E-state index contributed by atoms with van der Waals surface area (Å²) in [5, 5.41) is 15.2. The highest BCUT2D eigenvalue weighted by Crippen LogP contribution is 2.13. The molecule has 2 rings (SSSR count). The standard InChI is InChI=1S/C12H10N4O2/c1-16-8-9(7-13)11(15-16)14-12(17)18-10-5-3-2-4-6-10/h2-6,8H,1H3,(H,14,15,17). The van der Waals surface area contributed by atoms with Crippen molar-refractivity contribution in [3.8, 4) is 11.8 Å². The first-order chi connectivity index (χ1) is 8.69. The summed E-state index contributed by atoms with van der Waals surface area (Å²) in [6.07, 6.45) is 0.828. The van der Waals surface area contributed by atoms with Gasteiger partial charge in [-0.05, 0) is 12.1 Å². The predicted molar refractivity (Wildman–Crippen MR) is 64.0 cm³/mol. The molecule has 0 saturated heterocycles. The van der Waals surface area contributed by atoms with Crippen molar-refractivity contribution in [2.24, 2.45) is 7.05 Å². The van der Waals surface area contributed by atoms with E-state index < -0.39 is 6.09 Å². The van der Waals surface area contributed by atoms with Crippen LogP contribution >= 0.6 is 0 Å². The van der Waals surface area contributed by atoms with Crippen LogP contribution in [0.3, 0.4) is 0 Å². The highest BCUT2D eigenvalue weighted by molar-refractivity contribution is 5.86. The van der Waals surface area contributed by atoms with Crippen LogP contribution in [0, 0.1) is 11.3 Å². The summed E-state index contributed by atoms with van der Waals surface area (Å²) in [6.45, 7) is 0. The van der Waals surface area contributed by atoms with Crippen LogP contribution in [0.15, 0.2) is 36.5 Å². The van der Waals surface area contributed by atoms with Gasteiger partial charge in [-0.1, -0.05) is 18.2 Å². The summed E-state index contributed by atoms with van der Waals surface area (Å²) >= 11 is 0. The fourth-order valence-corrected chi connectivity index (χ4v) is 1.38. The van der Waals surface area contributed by atoms with Crippen molar-refractivity contribution in [3.05, 3.63) is 42.1 Å². The number of para-hydroxylation sites is 1. The van der Waals surface area contributed by atoms with E-state index >= 15 is 0 Å². The molecule has 1 N–H and O–H groups in total. The van der Waals surface area contributed by atoms with Gasteiger partial charge in [0.1, 0.15) is 17.4 Å². The van der Waals surface area contributed by atoms with Crippen LogP contribution < -0.4 is 10.1 Å². The van der Waals surface area contributed by atoms with Gasteiger partial charge in [-0.15, -0.1) is 0 Å². The highest BCUT2D eigenvalue weighted by Gasteiger charge is 2.12. The van der Waals surface area contributed by atoms with Gasteiger partial charge in [0.2, 0.25) is 0 Å². The number of ether oxygens (including phenoxy) is 1. The van der Waals surface area contributed by atoms with Crippen molar-refractivity contribution in [3.63, 3.8) is 0 Å². The van der Waals surface area contributed by atoms with Crippen LogP contribution in [0.2, 0.25) is 0 Å². The average Bonchev–Trinajstić information content (AvgIpc) is 2.70. The number of benzene rings is 1. The molecule has 1 heterocycles. The first-order valence-corrected chi connectivity index (χ1v) is 5.16. The molecule has 0 fully saturated rings. The second-order valence-electron chi connectivity index (χ2n) is 3.50. The third kappa shape index (κ3) is 2.65. The van der Waals surface area contributed by atoms with Gasteiger partial charge in [-0.25, -0.2) is 4.79 Å². The van der Waals surface area contributed by atoms with Crippen LogP contribution in [0.1, 0.15) is 5.56 Å². The number of carbonyl (C=O) groups excluding carboxylic acids is 1. The minimum atomic E-state index is -0.684.